The third-order valence-electron chi connectivity index (χ3n) is 3.38. The zero-order valence-corrected chi connectivity index (χ0v) is 12.1. The second kappa shape index (κ2) is 6.43. The largest absolute Gasteiger partial charge is 0.394 e. The van der Waals surface area contributed by atoms with Crippen molar-refractivity contribution < 1.29 is 5.11 Å². The van der Waals surface area contributed by atoms with Crippen molar-refractivity contribution in [1.29, 1.82) is 0 Å². The average molecular weight is 272 g/mol. The van der Waals surface area contributed by atoms with Crippen LogP contribution in [0.1, 0.15) is 24.6 Å². The highest BCUT2D eigenvalue weighted by molar-refractivity contribution is 5.59. The van der Waals surface area contributed by atoms with Crippen LogP contribution in [0, 0.1) is 13.8 Å². The molecule has 20 heavy (non-hydrogen) atoms. The zero-order valence-electron chi connectivity index (χ0n) is 12.1. The maximum atomic E-state index is 9.32. The molecule has 0 aliphatic rings. The van der Waals surface area contributed by atoms with E-state index in [-0.39, 0.29) is 12.6 Å². The first kappa shape index (κ1) is 14.4. The minimum Gasteiger partial charge on any atom is -0.394 e. The Morgan fingerprint density at radius 1 is 1.20 bits per heavy atom. The van der Waals surface area contributed by atoms with Crippen molar-refractivity contribution in [3.05, 3.63) is 35.8 Å². The van der Waals surface area contributed by atoms with Gasteiger partial charge in [0.05, 0.1) is 12.6 Å². The highest BCUT2D eigenvalue weighted by atomic mass is 16.3. The summed E-state index contributed by atoms with van der Waals surface area (Å²) in [6.07, 6.45) is 4.29. The Morgan fingerprint density at radius 3 is 2.50 bits per heavy atom. The summed E-state index contributed by atoms with van der Waals surface area (Å²) in [4.78, 5) is 13.1. The van der Waals surface area contributed by atoms with E-state index in [0.717, 1.165) is 29.1 Å². The van der Waals surface area contributed by atoms with Gasteiger partial charge in [-0.05, 0) is 32.4 Å². The molecule has 0 aliphatic heterocycles. The number of hydrogen-bond acceptors (Lipinski definition) is 5. The number of aryl methyl sites for hydroxylation is 1. The molecule has 2 aromatic heterocycles. The van der Waals surface area contributed by atoms with E-state index in [1.165, 1.54) is 0 Å². The van der Waals surface area contributed by atoms with E-state index in [1.807, 2.05) is 32.9 Å². The highest BCUT2D eigenvalue weighted by Crippen LogP contribution is 2.21. The molecule has 0 spiro atoms. The van der Waals surface area contributed by atoms with Gasteiger partial charge in [0.2, 0.25) is 0 Å². The van der Waals surface area contributed by atoms with Crippen LogP contribution in [0.15, 0.2) is 24.5 Å². The van der Waals surface area contributed by atoms with Crippen LogP contribution in [0.2, 0.25) is 0 Å². The second-order valence-electron chi connectivity index (χ2n) is 4.77. The van der Waals surface area contributed by atoms with Gasteiger partial charge >= 0.3 is 0 Å². The molecular formula is C15H20N4O. The monoisotopic (exact) mass is 272 g/mol. The molecule has 2 heterocycles. The normalized spacial score (nSPS) is 12.2. The predicted molar refractivity (Wildman–Crippen MR) is 79.5 cm³/mol. The molecule has 2 N–H and O–H groups in total. The van der Waals surface area contributed by atoms with Gasteiger partial charge in [0.1, 0.15) is 5.82 Å². The number of pyridine rings is 1. The molecule has 0 aromatic carbocycles. The lowest BCUT2D eigenvalue weighted by molar-refractivity contribution is 0.271. The molecule has 0 radical (unpaired) electrons. The number of anilines is 1. The molecule has 0 bridgehead atoms. The predicted octanol–water partition coefficient (Wildman–Crippen LogP) is 2.34. The fraction of sp³-hybridized carbons (Fsp3) is 0.400. The number of nitrogens with one attached hydrogen (secondary N) is 1. The van der Waals surface area contributed by atoms with Gasteiger partial charge in [0.15, 0.2) is 5.82 Å². The van der Waals surface area contributed by atoms with Crippen molar-refractivity contribution in [1.82, 2.24) is 15.0 Å². The molecule has 5 heteroatoms. The van der Waals surface area contributed by atoms with E-state index >= 15 is 0 Å². The number of rotatable bonds is 5. The van der Waals surface area contributed by atoms with Gasteiger partial charge in [-0.15, -0.1) is 0 Å². The van der Waals surface area contributed by atoms with Gasteiger partial charge in [-0.2, -0.15) is 0 Å². The topological polar surface area (TPSA) is 70.9 Å². The SMILES string of the molecule is CC[C@@H](CO)Nc1nc(-c2ccncc2)nc(C)c1C. The fourth-order valence-electron chi connectivity index (χ4n) is 1.87. The average Bonchev–Trinajstić information content (AvgIpc) is 2.49. The summed E-state index contributed by atoms with van der Waals surface area (Å²) in [7, 11) is 0. The Balaban J connectivity index is 2.40. The first-order valence-electron chi connectivity index (χ1n) is 6.78. The third-order valence-corrected chi connectivity index (χ3v) is 3.38. The number of nitrogens with zero attached hydrogens (tertiary/aromatic N) is 3. The molecule has 5 nitrogen and oxygen atoms in total. The van der Waals surface area contributed by atoms with Crippen LogP contribution in [0.4, 0.5) is 5.82 Å². The van der Waals surface area contributed by atoms with Crippen molar-refractivity contribution >= 4 is 5.82 Å². The standard InChI is InChI=1S/C15H20N4O/c1-4-13(9-20)18-14-10(2)11(3)17-15(19-14)12-5-7-16-8-6-12/h5-8,13,20H,4,9H2,1-3H3,(H,17,18,19)/t13-/m0/s1. The fourth-order valence-corrected chi connectivity index (χ4v) is 1.87. The van der Waals surface area contributed by atoms with Gasteiger partial charge in [-0.25, -0.2) is 9.97 Å². The van der Waals surface area contributed by atoms with E-state index in [1.54, 1.807) is 12.4 Å². The third kappa shape index (κ3) is 3.11. The van der Waals surface area contributed by atoms with Crippen LogP contribution >= 0.6 is 0 Å². The summed E-state index contributed by atoms with van der Waals surface area (Å²) >= 11 is 0. The van der Waals surface area contributed by atoms with Crippen LogP contribution in [-0.2, 0) is 0 Å². The van der Waals surface area contributed by atoms with Gasteiger partial charge in [0, 0.05) is 29.2 Å². The van der Waals surface area contributed by atoms with Crippen molar-refractivity contribution in [2.45, 2.75) is 33.2 Å². The molecule has 0 aliphatic carbocycles. The molecule has 2 aromatic rings. The lowest BCUT2D eigenvalue weighted by Crippen LogP contribution is -2.24. The lowest BCUT2D eigenvalue weighted by atomic mass is 10.2. The highest BCUT2D eigenvalue weighted by Gasteiger charge is 2.12. The van der Waals surface area contributed by atoms with Crippen LogP contribution < -0.4 is 5.32 Å². The van der Waals surface area contributed by atoms with Crippen LogP contribution in [0.3, 0.4) is 0 Å². The number of aliphatic hydroxyl groups excluding tert-OH is 1. The number of aliphatic hydroxyl groups is 1. The molecule has 0 saturated carbocycles. The van der Waals surface area contributed by atoms with Gasteiger partial charge in [-0.3, -0.25) is 4.98 Å². The van der Waals surface area contributed by atoms with Crippen LogP contribution in [-0.4, -0.2) is 32.7 Å². The molecular weight excluding hydrogens is 252 g/mol. The van der Waals surface area contributed by atoms with Gasteiger partial charge in [0.25, 0.3) is 0 Å². The molecule has 0 amide bonds. The Morgan fingerprint density at radius 2 is 1.90 bits per heavy atom. The molecule has 2 rings (SSSR count). The second-order valence-corrected chi connectivity index (χ2v) is 4.77. The summed E-state index contributed by atoms with van der Waals surface area (Å²) in [5.74, 6) is 1.45. The van der Waals surface area contributed by atoms with E-state index in [0.29, 0.717) is 5.82 Å². The first-order valence-corrected chi connectivity index (χ1v) is 6.78. The minimum absolute atomic E-state index is 0.00768. The Bertz CT molecular complexity index is 568. The zero-order chi connectivity index (χ0) is 14.5. The Hall–Kier alpha value is -2.01. The summed E-state index contributed by atoms with van der Waals surface area (Å²) in [6.45, 7) is 6.06. The van der Waals surface area contributed by atoms with Gasteiger partial charge < -0.3 is 10.4 Å². The molecule has 0 saturated heterocycles. The number of aromatic nitrogens is 3. The summed E-state index contributed by atoms with van der Waals surface area (Å²) in [5, 5.41) is 12.6. The summed E-state index contributed by atoms with van der Waals surface area (Å²) in [5.41, 5.74) is 2.88. The van der Waals surface area contributed by atoms with E-state index in [4.69, 9.17) is 0 Å². The maximum absolute atomic E-state index is 9.32. The van der Waals surface area contributed by atoms with Crippen molar-refractivity contribution in [3.63, 3.8) is 0 Å². The smallest absolute Gasteiger partial charge is 0.161 e. The van der Waals surface area contributed by atoms with Crippen LogP contribution in [0.25, 0.3) is 11.4 Å². The van der Waals surface area contributed by atoms with Crippen molar-refractivity contribution in [2.75, 3.05) is 11.9 Å². The minimum atomic E-state index is 0.00768. The Kier molecular flexibility index (Phi) is 4.63. The Labute approximate surface area is 119 Å². The van der Waals surface area contributed by atoms with E-state index < -0.39 is 0 Å². The molecule has 1 atom stereocenters. The van der Waals surface area contributed by atoms with Crippen LogP contribution in [0.5, 0.6) is 0 Å². The van der Waals surface area contributed by atoms with E-state index in [9.17, 15) is 5.11 Å². The van der Waals surface area contributed by atoms with E-state index in [2.05, 4.69) is 20.3 Å². The number of hydrogen-bond donors (Lipinski definition) is 2. The van der Waals surface area contributed by atoms with Gasteiger partial charge in [-0.1, -0.05) is 6.92 Å². The first-order chi connectivity index (χ1) is 9.65. The summed E-state index contributed by atoms with van der Waals surface area (Å²) < 4.78 is 0. The maximum Gasteiger partial charge on any atom is 0.161 e. The molecule has 0 fully saturated rings. The van der Waals surface area contributed by atoms with Crippen molar-refractivity contribution in [2.24, 2.45) is 0 Å². The van der Waals surface area contributed by atoms with Crippen molar-refractivity contribution in [3.8, 4) is 11.4 Å². The summed E-state index contributed by atoms with van der Waals surface area (Å²) in [6, 6.07) is 3.78. The quantitative estimate of drug-likeness (QED) is 0.874. The molecule has 0 unspecified atom stereocenters. The molecule has 106 valence electrons. The lowest BCUT2D eigenvalue weighted by Gasteiger charge is -2.18.